The SMILES string of the molecule is NC(CCc1cccs1)c1cccc2cccnc12. The van der Waals surface area contributed by atoms with Gasteiger partial charge >= 0.3 is 0 Å². The number of aromatic nitrogens is 1. The third kappa shape index (κ3) is 2.67. The first-order chi connectivity index (χ1) is 9.34. The molecule has 1 aromatic carbocycles. The van der Waals surface area contributed by atoms with E-state index in [9.17, 15) is 0 Å². The summed E-state index contributed by atoms with van der Waals surface area (Å²) in [5.74, 6) is 0. The molecule has 2 N–H and O–H groups in total. The third-order valence-electron chi connectivity index (χ3n) is 3.35. The van der Waals surface area contributed by atoms with Gasteiger partial charge in [0.05, 0.1) is 5.52 Å². The zero-order valence-electron chi connectivity index (χ0n) is 10.6. The van der Waals surface area contributed by atoms with Gasteiger partial charge in [0.25, 0.3) is 0 Å². The number of nitrogens with two attached hydrogens (primary N) is 1. The maximum Gasteiger partial charge on any atom is 0.0749 e. The Balaban J connectivity index is 1.83. The van der Waals surface area contributed by atoms with Crippen molar-refractivity contribution in [3.05, 3.63) is 64.5 Å². The standard InChI is InChI=1S/C16H16N2S/c17-15(9-8-13-6-3-11-19-13)14-7-1-4-12-5-2-10-18-16(12)14/h1-7,10-11,15H,8-9,17H2. The van der Waals surface area contributed by atoms with E-state index in [1.54, 1.807) is 11.3 Å². The van der Waals surface area contributed by atoms with Crippen LogP contribution < -0.4 is 5.73 Å². The number of para-hydroxylation sites is 1. The Hall–Kier alpha value is -1.71. The molecule has 0 aliphatic rings. The topological polar surface area (TPSA) is 38.9 Å². The van der Waals surface area contributed by atoms with Gasteiger partial charge in [0.15, 0.2) is 0 Å². The van der Waals surface area contributed by atoms with Crippen molar-refractivity contribution in [3.8, 4) is 0 Å². The minimum atomic E-state index is 0.0423. The van der Waals surface area contributed by atoms with Gasteiger partial charge in [-0.3, -0.25) is 4.98 Å². The summed E-state index contributed by atoms with van der Waals surface area (Å²) in [5, 5.41) is 3.27. The Morgan fingerprint density at radius 1 is 1.11 bits per heavy atom. The molecule has 0 saturated heterocycles. The molecule has 2 heterocycles. The van der Waals surface area contributed by atoms with E-state index in [0.717, 1.165) is 29.3 Å². The van der Waals surface area contributed by atoms with Gasteiger partial charge in [-0.1, -0.05) is 30.3 Å². The minimum Gasteiger partial charge on any atom is -0.324 e. The Kier molecular flexibility index (Phi) is 3.58. The van der Waals surface area contributed by atoms with E-state index >= 15 is 0 Å². The van der Waals surface area contributed by atoms with Crippen molar-refractivity contribution in [2.45, 2.75) is 18.9 Å². The molecule has 0 radical (unpaired) electrons. The fourth-order valence-corrected chi connectivity index (χ4v) is 3.06. The lowest BCUT2D eigenvalue weighted by molar-refractivity contribution is 0.659. The van der Waals surface area contributed by atoms with Crippen LogP contribution in [-0.4, -0.2) is 4.98 Å². The van der Waals surface area contributed by atoms with E-state index < -0.39 is 0 Å². The number of rotatable bonds is 4. The van der Waals surface area contributed by atoms with Gasteiger partial charge in [0, 0.05) is 22.5 Å². The van der Waals surface area contributed by atoms with E-state index in [2.05, 4.69) is 46.8 Å². The molecule has 96 valence electrons. The molecular weight excluding hydrogens is 252 g/mol. The van der Waals surface area contributed by atoms with Crippen molar-refractivity contribution in [2.75, 3.05) is 0 Å². The number of aryl methyl sites for hydroxylation is 1. The van der Waals surface area contributed by atoms with Crippen LogP contribution in [0.3, 0.4) is 0 Å². The zero-order chi connectivity index (χ0) is 13.1. The summed E-state index contributed by atoms with van der Waals surface area (Å²) in [6, 6.07) is 14.6. The van der Waals surface area contributed by atoms with E-state index in [0.29, 0.717) is 0 Å². The predicted octanol–water partition coefficient (Wildman–Crippen LogP) is 3.93. The van der Waals surface area contributed by atoms with Crippen LogP contribution in [0.1, 0.15) is 22.9 Å². The second kappa shape index (κ2) is 5.51. The second-order valence-corrected chi connectivity index (χ2v) is 5.68. The smallest absolute Gasteiger partial charge is 0.0749 e. The Bertz CT molecular complexity index is 656. The second-order valence-electron chi connectivity index (χ2n) is 4.65. The molecule has 0 aliphatic carbocycles. The van der Waals surface area contributed by atoms with Gasteiger partial charge in [-0.25, -0.2) is 0 Å². The van der Waals surface area contributed by atoms with Gasteiger partial charge in [-0.05, 0) is 35.9 Å². The first-order valence-electron chi connectivity index (χ1n) is 6.46. The highest BCUT2D eigenvalue weighted by atomic mass is 32.1. The lowest BCUT2D eigenvalue weighted by Gasteiger charge is -2.13. The fourth-order valence-electron chi connectivity index (χ4n) is 2.34. The van der Waals surface area contributed by atoms with Crippen LogP contribution in [0.2, 0.25) is 0 Å². The van der Waals surface area contributed by atoms with Crippen LogP contribution in [0.4, 0.5) is 0 Å². The molecule has 0 amide bonds. The molecule has 2 nitrogen and oxygen atoms in total. The lowest BCUT2D eigenvalue weighted by Crippen LogP contribution is -2.12. The average molecular weight is 268 g/mol. The molecule has 2 aromatic heterocycles. The summed E-state index contributed by atoms with van der Waals surface area (Å²) < 4.78 is 0. The fraction of sp³-hybridized carbons (Fsp3) is 0.188. The molecule has 0 spiro atoms. The largest absolute Gasteiger partial charge is 0.324 e. The van der Waals surface area contributed by atoms with Crippen LogP contribution in [-0.2, 0) is 6.42 Å². The predicted molar refractivity (Wildman–Crippen MR) is 81.3 cm³/mol. The Labute approximate surface area is 116 Å². The number of nitrogens with zero attached hydrogens (tertiary/aromatic N) is 1. The summed E-state index contributed by atoms with van der Waals surface area (Å²) in [4.78, 5) is 5.86. The molecule has 0 saturated carbocycles. The quantitative estimate of drug-likeness (QED) is 0.778. The lowest BCUT2D eigenvalue weighted by atomic mass is 9.99. The van der Waals surface area contributed by atoms with E-state index in [-0.39, 0.29) is 6.04 Å². The van der Waals surface area contributed by atoms with Crippen LogP contribution in [0.25, 0.3) is 10.9 Å². The summed E-state index contributed by atoms with van der Waals surface area (Å²) in [6.45, 7) is 0. The molecule has 19 heavy (non-hydrogen) atoms. The normalized spacial score (nSPS) is 12.7. The minimum absolute atomic E-state index is 0.0423. The van der Waals surface area contributed by atoms with Crippen molar-refractivity contribution in [3.63, 3.8) is 0 Å². The van der Waals surface area contributed by atoms with Crippen molar-refractivity contribution in [1.82, 2.24) is 4.98 Å². The molecule has 0 fully saturated rings. The molecule has 1 atom stereocenters. The number of pyridine rings is 1. The maximum absolute atomic E-state index is 6.34. The molecule has 0 aliphatic heterocycles. The highest BCUT2D eigenvalue weighted by molar-refractivity contribution is 7.09. The highest BCUT2D eigenvalue weighted by Gasteiger charge is 2.10. The van der Waals surface area contributed by atoms with E-state index in [1.807, 2.05) is 12.3 Å². The van der Waals surface area contributed by atoms with Gasteiger partial charge in [0.1, 0.15) is 0 Å². The third-order valence-corrected chi connectivity index (χ3v) is 4.28. The zero-order valence-corrected chi connectivity index (χ0v) is 11.4. The average Bonchev–Trinajstić information content (AvgIpc) is 2.97. The molecule has 3 aromatic rings. The number of thiophene rings is 1. The molecule has 1 unspecified atom stereocenters. The maximum atomic E-state index is 6.34. The highest BCUT2D eigenvalue weighted by Crippen LogP contribution is 2.24. The van der Waals surface area contributed by atoms with Gasteiger partial charge in [-0.2, -0.15) is 0 Å². The van der Waals surface area contributed by atoms with Crippen molar-refractivity contribution < 1.29 is 0 Å². The first kappa shape index (κ1) is 12.3. The van der Waals surface area contributed by atoms with Gasteiger partial charge in [0.2, 0.25) is 0 Å². The first-order valence-corrected chi connectivity index (χ1v) is 7.34. The van der Waals surface area contributed by atoms with Crippen molar-refractivity contribution in [2.24, 2.45) is 5.73 Å². The van der Waals surface area contributed by atoms with E-state index in [4.69, 9.17) is 5.73 Å². The number of hydrogen-bond donors (Lipinski definition) is 1. The molecule has 3 rings (SSSR count). The van der Waals surface area contributed by atoms with Crippen LogP contribution in [0, 0.1) is 0 Å². The summed E-state index contributed by atoms with van der Waals surface area (Å²) in [6.07, 6.45) is 3.82. The van der Waals surface area contributed by atoms with Crippen LogP contribution in [0.5, 0.6) is 0 Å². The molecular formula is C16H16N2S. The molecule has 3 heteroatoms. The van der Waals surface area contributed by atoms with Crippen LogP contribution >= 0.6 is 11.3 Å². The number of fused-ring (bicyclic) bond motifs is 1. The monoisotopic (exact) mass is 268 g/mol. The Morgan fingerprint density at radius 2 is 2.00 bits per heavy atom. The van der Waals surface area contributed by atoms with Crippen molar-refractivity contribution >= 4 is 22.2 Å². The molecule has 0 bridgehead atoms. The summed E-state index contributed by atoms with van der Waals surface area (Å²) in [5.41, 5.74) is 8.52. The van der Waals surface area contributed by atoms with Gasteiger partial charge < -0.3 is 5.73 Å². The van der Waals surface area contributed by atoms with E-state index in [1.165, 1.54) is 4.88 Å². The summed E-state index contributed by atoms with van der Waals surface area (Å²) >= 11 is 1.79. The van der Waals surface area contributed by atoms with Crippen LogP contribution in [0.15, 0.2) is 54.0 Å². The summed E-state index contributed by atoms with van der Waals surface area (Å²) in [7, 11) is 0. The Morgan fingerprint density at radius 3 is 2.84 bits per heavy atom. The van der Waals surface area contributed by atoms with Gasteiger partial charge in [-0.15, -0.1) is 11.3 Å². The number of hydrogen-bond acceptors (Lipinski definition) is 3. The van der Waals surface area contributed by atoms with Crippen molar-refractivity contribution in [1.29, 1.82) is 0 Å². The number of benzene rings is 1.